The normalized spacial score (nSPS) is 11.0. The zero-order chi connectivity index (χ0) is 21.3. The van der Waals surface area contributed by atoms with Crippen molar-refractivity contribution in [2.75, 3.05) is 0 Å². The predicted octanol–water partition coefficient (Wildman–Crippen LogP) is 4.52. The van der Waals surface area contributed by atoms with Gasteiger partial charge in [-0.1, -0.05) is 71.7 Å². The molecule has 0 spiro atoms. The lowest BCUT2D eigenvalue weighted by Crippen LogP contribution is -2.18. The van der Waals surface area contributed by atoms with Crippen molar-refractivity contribution in [2.45, 2.75) is 0 Å². The summed E-state index contributed by atoms with van der Waals surface area (Å²) in [5.74, 6) is -0.787. The number of halogens is 2. The number of rotatable bonds is 6. The van der Waals surface area contributed by atoms with Crippen LogP contribution in [0.2, 0.25) is 10.0 Å². The molecule has 3 rings (SSSR count). The maximum atomic E-state index is 12.0. The van der Waals surface area contributed by atoms with Crippen LogP contribution in [0.5, 0.6) is 0 Å². The summed E-state index contributed by atoms with van der Waals surface area (Å²) >= 11 is 12.0. The van der Waals surface area contributed by atoms with Gasteiger partial charge in [0.2, 0.25) is 0 Å². The molecule has 0 bridgehead atoms. The topological polar surface area (TPSA) is 82.9 Å². The van der Waals surface area contributed by atoms with Crippen LogP contribution in [0.25, 0.3) is 0 Å². The summed E-state index contributed by atoms with van der Waals surface area (Å²) in [6, 6.07) is 20.6. The van der Waals surface area contributed by atoms with Crippen molar-refractivity contribution in [3.8, 4) is 0 Å². The Morgan fingerprint density at radius 1 is 0.633 bits per heavy atom. The van der Waals surface area contributed by atoms with E-state index in [1.165, 1.54) is 12.4 Å². The van der Waals surface area contributed by atoms with Crippen molar-refractivity contribution < 1.29 is 9.59 Å². The summed E-state index contributed by atoms with van der Waals surface area (Å²) in [5, 5.41) is 8.57. The first-order valence-electron chi connectivity index (χ1n) is 8.80. The maximum absolute atomic E-state index is 12.0. The summed E-state index contributed by atoms with van der Waals surface area (Å²) in [6.45, 7) is 0. The van der Waals surface area contributed by atoms with Gasteiger partial charge in [-0.3, -0.25) is 9.59 Å². The molecule has 2 amide bonds. The van der Waals surface area contributed by atoms with E-state index >= 15 is 0 Å². The van der Waals surface area contributed by atoms with E-state index in [0.717, 1.165) is 11.1 Å². The van der Waals surface area contributed by atoms with Crippen LogP contribution in [0.15, 0.2) is 83.0 Å². The number of hydrogen-bond donors (Lipinski definition) is 2. The van der Waals surface area contributed by atoms with E-state index in [0.29, 0.717) is 21.2 Å². The highest BCUT2D eigenvalue weighted by Gasteiger charge is 2.08. The van der Waals surface area contributed by atoms with Crippen molar-refractivity contribution in [3.05, 3.63) is 105 Å². The van der Waals surface area contributed by atoms with E-state index in [1.807, 2.05) is 0 Å². The van der Waals surface area contributed by atoms with E-state index in [4.69, 9.17) is 23.2 Å². The average Bonchev–Trinajstić information content (AvgIpc) is 2.75. The summed E-state index contributed by atoms with van der Waals surface area (Å²) < 4.78 is 0. The lowest BCUT2D eigenvalue weighted by molar-refractivity contribution is 0.0947. The molecule has 0 aliphatic rings. The third kappa shape index (κ3) is 5.76. The third-order valence-corrected chi connectivity index (χ3v) is 4.59. The number of nitrogens with one attached hydrogen (secondary N) is 2. The molecule has 30 heavy (non-hydrogen) atoms. The third-order valence-electron chi connectivity index (χ3n) is 3.93. The first kappa shape index (κ1) is 21.2. The maximum Gasteiger partial charge on any atom is 0.272 e. The Hall–Kier alpha value is -3.48. The second-order valence-electron chi connectivity index (χ2n) is 6.02. The Morgan fingerprint density at radius 3 is 1.37 bits per heavy atom. The summed E-state index contributed by atoms with van der Waals surface area (Å²) in [5.41, 5.74) is 7.10. The number of amides is 2. The zero-order valence-electron chi connectivity index (χ0n) is 15.5. The van der Waals surface area contributed by atoms with Gasteiger partial charge in [-0.2, -0.15) is 10.2 Å². The standard InChI is InChI=1S/C22H16Cl2N4O2/c23-19-7-3-1-5-17(19)21(29)27-25-13-15-9-11-16(12-10-15)14-26-28-22(30)18-6-2-4-8-20(18)24/h1-14H,(H,27,29)(H,28,30)/b25-13+,26-14+. The van der Waals surface area contributed by atoms with Gasteiger partial charge in [0, 0.05) is 0 Å². The van der Waals surface area contributed by atoms with Crippen LogP contribution in [-0.4, -0.2) is 24.2 Å². The molecular weight excluding hydrogens is 423 g/mol. The smallest absolute Gasteiger partial charge is 0.267 e. The van der Waals surface area contributed by atoms with E-state index in [9.17, 15) is 9.59 Å². The molecule has 0 saturated heterocycles. The fourth-order valence-corrected chi connectivity index (χ4v) is 2.85. The molecule has 2 N–H and O–H groups in total. The molecule has 3 aromatic rings. The molecular formula is C22H16Cl2N4O2. The van der Waals surface area contributed by atoms with Crippen molar-refractivity contribution in [1.82, 2.24) is 10.9 Å². The number of nitrogens with zero attached hydrogens (tertiary/aromatic N) is 2. The first-order valence-corrected chi connectivity index (χ1v) is 9.56. The Bertz CT molecular complexity index is 1020. The van der Waals surface area contributed by atoms with Crippen LogP contribution < -0.4 is 10.9 Å². The quantitative estimate of drug-likeness (QED) is 0.437. The molecule has 8 heteroatoms. The fraction of sp³-hybridized carbons (Fsp3) is 0. The molecule has 150 valence electrons. The minimum absolute atomic E-state index is 0.349. The van der Waals surface area contributed by atoms with E-state index in [1.54, 1.807) is 72.8 Å². The molecule has 0 aromatic heterocycles. The van der Waals surface area contributed by atoms with Crippen LogP contribution in [-0.2, 0) is 0 Å². The monoisotopic (exact) mass is 438 g/mol. The molecule has 0 aliphatic heterocycles. The van der Waals surface area contributed by atoms with Crippen LogP contribution >= 0.6 is 23.2 Å². The Balaban J connectivity index is 1.53. The Labute approximate surface area is 183 Å². The van der Waals surface area contributed by atoms with Gasteiger partial charge in [-0.05, 0) is 35.4 Å². The van der Waals surface area contributed by atoms with Gasteiger partial charge in [-0.25, -0.2) is 10.9 Å². The molecule has 0 atom stereocenters. The van der Waals surface area contributed by atoms with E-state index < -0.39 is 11.8 Å². The predicted molar refractivity (Wildman–Crippen MR) is 119 cm³/mol. The molecule has 6 nitrogen and oxygen atoms in total. The molecule has 0 fully saturated rings. The van der Waals surface area contributed by atoms with Crippen LogP contribution in [0.1, 0.15) is 31.8 Å². The highest BCUT2D eigenvalue weighted by molar-refractivity contribution is 6.34. The van der Waals surface area contributed by atoms with Gasteiger partial charge in [0.1, 0.15) is 0 Å². The van der Waals surface area contributed by atoms with E-state index in [-0.39, 0.29) is 0 Å². The number of hydrogen-bond acceptors (Lipinski definition) is 4. The highest BCUT2D eigenvalue weighted by Crippen LogP contribution is 2.15. The van der Waals surface area contributed by atoms with Gasteiger partial charge in [0.05, 0.1) is 33.6 Å². The summed E-state index contributed by atoms with van der Waals surface area (Å²) in [6.07, 6.45) is 3.02. The van der Waals surface area contributed by atoms with Gasteiger partial charge in [-0.15, -0.1) is 0 Å². The molecule has 0 saturated carbocycles. The van der Waals surface area contributed by atoms with Gasteiger partial charge < -0.3 is 0 Å². The van der Waals surface area contributed by atoms with Crippen molar-refractivity contribution in [3.63, 3.8) is 0 Å². The number of benzene rings is 3. The van der Waals surface area contributed by atoms with Gasteiger partial charge in [0.25, 0.3) is 11.8 Å². The second kappa shape index (κ2) is 10.3. The fourth-order valence-electron chi connectivity index (χ4n) is 2.41. The molecule has 0 heterocycles. The molecule has 3 aromatic carbocycles. The van der Waals surface area contributed by atoms with Crippen LogP contribution in [0.3, 0.4) is 0 Å². The lowest BCUT2D eigenvalue weighted by Gasteiger charge is -2.02. The van der Waals surface area contributed by atoms with Gasteiger partial charge >= 0.3 is 0 Å². The summed E-state index contributed by atoms with van der Waals surface area (Å²) in [4.78, 5) is 24.1. The SMILES string of the molecule is O=C(N/N=C/c1ccc(/C=N/NC(=O)c2ccccc2Cl)cc1)c1ccccc1Cl. The minimum atomic E-state index is -0.394. The van der Waals surface area contributed by atoms with Crippen LogP contribution in [0, 0.1) is 0 Å². The summed E-state index contributed by atoms with van der Waals surface area (Å²) in [7, 11) is 0. The van der Waals surface area contributed by atoms with Crippen molar-refractivity contribution in [2.24, 2.45) is 10.2 Å². The zero-order valence-corrected chi connectivity index (χ0v) is 17.1. The average molecular weight is 439 g/mol. The van der Waals surface area contributed by atoms with Crippen molar-refractivity contribution in [1.29, 1.82) is 0 Å². The largest absolute Gasteiger partial charge is 0.272 e. The van der Waals surface area contributed by atoms with Gasteiger partial charge in [0.15, 0.2) is 0 Å². The Kier molecular flexibility index (Phi) is 7.32. The lowest BCUT2D eigenvalue weighted by atomic mass is 10.2. The Morgan fingerprint density at radius 2 is 1.00 bits per heavy atom. The minimum Gasteiger partial charge on any atom is -0.267 e. The number of carbonyl (C=O) groups excluding carboxylic acids is 2. The molecule has 0 aliphatic carbocycles. The van der Waals surface area contributed by atoms with E-state index in [2.05, 4.69) is 21.1 Å². The second-order valence-corrected chi connectivity index (χ2v) is 6.84. The molecule has 0 unspecified atom stereocenters. The van der Waals surface area contributed by atoms with Crippen molar-refractivity contribution >= 4 is 47.4 Å². The number of hydrazone groups is 2. The van der Waals surface area contributed by atoms with Crippen LogP contribution in [0.4, 0.5) is 0 Å². The highest BCUT2D eigenvalue weighted by atomic mass is 35.5. The molecule has 0 radical (unpaired) electrons. The first-order chi connectivity index (χ1) is 14.5. The number of carbonyl (C=O) groups is 2.